The van der Waals surface area contributed by atoms with Gasteiger partial charge in [0.25, 0.3) is 0 Å². The molecule has 0 aliphatic heterocycles. The highest BCUT2D eigenvalue weighted by atomic mass is 16.6. The Kier molecular flexibility index (Phi) is 2.23. The van der Waals surface area contributed by atoms with Crippen molar-refractivity contribution >= 4 is 11.4 Å². The van der Waals surface area contributed by atoms with E-state index in [0.717, 1.165) is 12.1 Å². The summed E-state index contributed by atoms with van der Waals surface area (Å²) in [6.07, 6.45) is 0. The van der Waals surface area contributed by atoms with Gasteiger partial charge in [-0.15, -0.1) is 0 Å². The van der Waals surface area contributed by atoms with Crippen LogP contribution in [0.5, 0.6) is 0 Å². The van der Waals surface area contributed by atoms with Gasteiger partial charge in [0.15, 0.2) is 0 Å². The fourth-order valence-corrected chi connectivity index (χ4v) is 0.871. The molecule has 0 heterocycles. The maximum atomic E-state index is 10.3. The number of benzene rings is 1. The van der Waals surface area contributed by atoms with E-state index in [1.807, 2.05) is 0 Å². The van der Waals surface area contributed by atoms with Gasteiger partial charge in [-0.05, 0) is 0 Å². The molecular formula is C7H3N2O4. The van der Waals surface area contributed by atoms with Gasteiger partial charge in [0.2, 0.25) is 0 Å². The second kappa shape index (κ2) is 3.18. The van der Waals surface area contributed by atoms with E-state index in [1.165, 1.54) is 6.07 Å². The first-order valence-electron chi connectivity index (χ1n) is 3.17. The Labute approximate surface area is 73.1 Å². The lowest BCUT2D eigenvalue weighted by atomic mass is 10.2. The van der Waals surface area contributed by atoms with Gasteiger partial charge >= 0.3 is 11.4 Å². The molecule has 0 saturated heterocycles. The SMILES string of the molecule is [C]c1cccc([N+](=O)[O-])c1[N+](=O)[O-]. The van der Waals surface area contributed by atoms with Crippen molar-refractivity contribution in [1.82, 2.24) is 0 Å². The largest absolute Gasteiger partial charge is 0.349 e. The zero-order valence-electron chi connectivity index (χ0n) is 6.26. The number of nitro groups is 2. The van der Waals surface area contributed by atoms with Crippen LogP contribution in [0.15, 0.2) is 18.2 Å². The lowest BCUT2D eigenvalue weighted by Crippen LogP contribution is -1.98. The van der Waals surface area contributed by atoms with Gasteiger partial charge in [0.1, 0.15) is 0 Å². The van der Waals surface area contributed by atoms with Gasteiger partial charge in [0, 0.05) is 18.6 Å². The predicted molar refractivity (Wildman–Crippen MR) is 42.1 cm³/mol. The first kappa shape index (κ1) is 9.11. The fraction of sp³-hybridized carbons (Fsp3) is 0. The second-order valence-electron chi connectivity index (χ2n) is 2.19. The van der Waals surface area contributed by atoms with E-state index in [1.54, 1.807) is 0 Å². The minimum atomic E-state index is -0.930. The van der Waals surface area contributed by atoms with Crippen LogP contribution in [0, 0.1) is 27.2 Å². The molecule has 3 radical (unpaired) electrons. The van der Waals surface area contributed by atoms with Gasteiger partial charge < -0.3 is 0 Å². The molecule has 0 unspecified atom stereocenters. The molecule has 6 heteroatoms. The van der Waals surface area contributed by atoms with E-state index in [2.05, 4.69) is 0 Å². The summed E-state index contributed by atoms with van der Waals surface area (Å²) >= 11 is 0. The summed E-state index contributed by atoms with van der Waals surface area (Å²) in [5.74, 6) is 0. The molecule has 0 aromatic heterocycles. The molecule has 0 aliphatic rings. The summed E-state index contributed by atoms with van der Waals surface area (Å²) in [5, 5.41) is 20.6. The van der Waals surface area contributed by atoms with Crippen molar-refractivity contribution in [2.45, 2.75) is 0 Å². The van der Waals surface area contributed by atoms with Crippen molar-refractivity contribution in [2.24, 2.45) is 0 Å². The molecular weight excluding hydrogens is 176 g/mol. The molecule has 0 fully saturated rings. The smallest absolute Gasteiger partial charge is 0.258 e. The number of nitrogens with zero attached hydrogens (tertiary/aromatic N) is 2. The van der Waals surface area contributed by atoms with Crippen molar-refractivity contribution < 1.29 is 9.85 Å². The lowest BCUT2D eigenvalue weighted by molar-refractivity contribution is -0.422. The normalized spacial score (nSPS) is 9.62. The molecule has 1 aromatic carbocycles. The number of para-hydroxylation sites is 1. The highest BCUT2D eigenvalue weighted by molar-refractivity contribution is 5.58. The average Bonchev–Trinajstić information content (AvgIpc) is 2.02. The van der Waals surface area contributed by atoms with Crippen molar-refractivity contribution in [1.29, 1.82) is 0 Å². The lowest BCUT2D eigenvalue weighted by Gasteiger charge is -1.96. The van der Waals surface area contributed by atoms with Crippen molar-refractivity contribution in [3.05, 3.63) is 50.9 Å². The first-order chi connectivity index (χ1) is 6.04. The third-order valence-electron chi connectivity index (χ3n) is 1.39. The summed E-state index contributed by atoms with van der Waals surface area (Å²) in [5.41, 5.74) is -1.88. The number of rotatable bonds is 2. The second-order valence-corrected chi connectivity index (χ2v) is 2.19. The average molecular weight is 179 g/mol. The molecule has 65 valence electrons. The summed E-state index contributed by atoms with van der Waals surface area (Å²) in [4.78, 5) is 18.8. The van der Waals surface area contributed by atoms with Crippen LogP contribution in [0.3, 0.4) is 0 Å². The number of nitro benzene ring substituents is 2. The Morgan fingerprint density at radius 1 is 1.15 bits per heavy atom. The molecule has 1 aromatic rings. The van der Waals surface area contributed by atoms with Crippen LogP contribution < -0.4 is 0 Å². The monoisotopic (exact) mass is 179 g/mol. The van der Waals surface area contributed by atoms with Crippen LogP contribution in [-0.2, 0) is 0 Å². The Hall–Kier alpha value is -1.98. The molecule has 0 bridgehead atoms. The molecule has 1 rings (SSSR count). The van der Waals surface area contributed by atoms with Gasteiger partial charge in [-0.2, -0.15) is 0 Å². The molecule has 13 heavy (non-hydrogen) atoms. The molecule has 0 saturated carbocycles. The summed E-state index contributed by atoms with van der Waals surface area (Å²) in [6.45, 7) is 7.09. The quantitative estimate of drug-likeness (QED) is 0.507. The Balaban J connectivity index is 3.43. The van der Waals surface area contributed by atoms with Crippen LogP contribution in [0.1, 0.15) is 5.56 Å². The molecule has 0 spiro atoms. The van der Waals surface area contributed by atoms with E-state index in [9.17, 15) is 20.2 Å². The molecule has 0 amide bonds. The Bertz CT molecular complexity index is 375. The van der Waals surface area contributed by atoms with Crippen molar-refractivity contribution in [3.8, 4) is 0 Å². The van der Waals surface area contributed by atoms with E-state index in [4.69, 9.17) is 6.92 Å². The van der Waals surface area contributed by atoms with Crippen LogP contribution in [0.25, 0.3) is 0 Å². The molecule has 0 atom stereocenters. The van der Waals surface area contributed by atoms with Crippen LogP contribution in [0.4, 0.5) is 11.4 Å². The zero-order chi connectivity index (χ0) is 10.0. The highest BCUT2D eigenvalue weighted by Crippen LogP contribution is 2.29. The van der Waals surface area contributed by atoms with Crippen LogP contribution >= 0.6 is 0 Å². The van der Waals surface area contributed by atoms with Gasteiger partial charge in [-0.25, -0.2) is 0 Å². The van der Waals surface area contributed by atoms with Gasteiger partial charge in [-0.1, -0.05) is 12.1 Å². The summed E-state index contributed by atoms with van der Waals surface area (Å²) in [7, 11) is 0. The standard InChI is InChI=1S/C7H3N2O4/c1-5-3-2-4-6(8(10)11)7(5)9(12)13/h2-4H. The van der Waals surface area contributed by atoms with Crippen molar-refractivity contribution in [3.63, 3.8) is 0 Å². The van der Waals surface area contributed by atoms with Gasteiger partial charge in [-0.3, -0.25) is 20.2 Å². The molecule has 6 nitrogen and oxygen atoms in total. The Morgan fingerprint density at radius 2 is 1.77 bits per heavy atom. The first-order valence-corrected chi connectivity index (χ1v) is 3.17. The van der Waals surface area contributed by atoms with Crippen molar-refractivity contribution in [2.75, 3.05) is 0 Å². The minimum Gasteiger partial charge on any atom is -0.258 e. The maximum absolute atomic E-state index is 10.3. The third-order valence-corrected chi connectivity index (χ3v) is 1.39. The van der Waals surface area contributed by atoms with E-state index < -0.39 is 26.8 Å². The van der Waals surface area contributed by atoms with Gasteiger partial charge in [0.05, 0.1) is 9.85 Å². The third kappa shape index (κ3) is 1.61. The summed E-state index contributed by atoms with van der Waals surface area (Å²) in [6, 6.07) is 3.36. The summed E-state index contributed by atoms with van der Waals surface area (Å²) < 4.78 is 0. The van der Waals surface area contributed by atoms with E-state index in [0.29, 0.717) is 0 Å². The molecule has 0 N–H and O–H groups in total. The Morgan fingerprint density at radius 3 is 2.15 bits per heavy atom. The van der Waals surface area contributed by atoms with Crippen LogP contribution in [0.2, 0.25) is 0 Å². The van der Waals surface area contributed by atoms with E-state index in [-0.39, 0.29) is 0 Å². The number of hydrogen-bond donors (Lipinski definition) is 0. The number of hydrogen-bond acceptors (Lipinski definition) is 4. The zero-order valence-corrected chi connectivity index (χ0v) is 6.26. The van der Waals surface area contributed by atoms with Crippen LogP contribution in [-0.4, -0.2) is 9.85 Å². The fourth-order valence-electron chi connectivity index (χ4n) is 0.871. The maximum Gasteiger partial charge on any atom is 0.349 e. The predicted octanol–water partition coefficient (Wildman–Crippen LogP) is 1.44. The topological polar surface area (TPSA) is 86.3 Å². The highest BCUT2D eigenvalue weighted by Gasteiger charge is 2.25. The molecule has 0 aliphatic carbocycles. The minimum absolute atomic E-state index is 0.459. The van der Waals surface area contributed by atoms with E-state index >= 15 is 0 Å².